The molecule has 0 amide bonds. The Balaban J connectivity index is 0.000000310. The van der Waals surface area contributed by atoms with Crippen LogP contribution >= 0.6 is 0 Å². The maximum atomic E-state index is 11.8. The quantitative estimate of drug-likeness (QED) is 0.148. The van der Waals surface area contributed by atoms with Crippen LogP contribution in [0.25, 0.3) is 33.8 Å². The van der Waals surface area contributed by atoms with Gasteiger partial charge in [-0.15, -0.1) is 0 Å². The third kappa shape index (κ3) is 8.56. The molecule has 200 valence electrons. The van der Waals surface area contributed by atoms with Gasteiger partial charge in [0, 0.05) is 6.20 Å². The van der Waals surface area contributed by atoms with Crippen molar-refractivity contribution in [3.05, 3.63) is 78.5 Å². The highest BCUT2D eigenvalue weighted by molar-refractivity contribution is 5.97. The Kier molecular flexibility index (Phi) is 11.5. The SMILES string of the molecule is CCCCCCCCCCN.Nc1nccc(-c2cc(C(=O)O)c(-c3cccc(-c4ccccc4)c3)[nH]2)n1. The van der Waals surface area contributed by atoms with Crippen LogP contribution in [0.3, 0.4) is 0 Å². The van der Waals surface area contributed by atoms with Crippen LogP contribution in [-0.2, 0) is 0 Å². The first-order valence-electron chi connectivity index (χ1n) is 13.4. The Morgan fingerprint density at radius 2 is 1.50 bits per heavy atom. The summed E-state index contributed by atoms with van der Waals surface area (Å²) in [6, 6.07) is 20.9. The first kappa shape index (κ1) is 28.6. The van der Waals surface area contributed by atoms with Crippen molar-refractivity contribution < 1.29 is 9.90 Å². The summed E-state index contributed by atoms with van der Waals surface area (Å²) in [5.74, 6) is -0.883. The van der Waals surface area contributed by atoms with Gasteiger partial charge >= 0.3 is 5.97 Å². The molecule has 2 heterocycles. The molecule has 4 aromatic rings. The molecule has 0 aliphatic carbocycles. The van der Waals surface area contributed by atoms with E-state index in [0.717, 1.165) is 23.2 Å². The molecule has 0 saturated heterocycles. The third-order valence-corrected chi connectivity index (χ3v) is 6.31. The number of anilines is 1. The molecule has 7 heteroatoms. The van der Waals surface area contributed by atoms with Crippen molar-refractivity contribution in [3.8, 4) is 33.8 Å². The molecule has 0 radical (unpaired) electrons. The Hall–Kier alpha value is -3.97. The molecule has 0 fully saturated rings. The third-order valence-electron chi connectivity index (χ3n) is 6.31. The molecule has 0 saturated carbocycles. The first-order valence-corrected chi connectivity index (χ1v) is 13.4. The second-order valence-corrected chi connectivity index (χ2v) is 9.29. The highest BCUT2D eigenvalue weighted by Crippen LogP contribution is 2.31. The number of unbranched alkanes of at least 4 members (excludes halogenated alkanes) is 7. The van der Waals surface area contributed by atoms with E-state index >= 15 is 0 Å². The number of carboxylic acids is 1. The Morgan fingerprint density at radius 3 is 2.16 bits per heavy atom. The number of carboxylic acid groups (broad SMARTS) is 1. The van der Waals surface area contributed by atoms with E-state index in [1.807, 2.05) is 54.6 Å². The molecule has 7 nitrogen and oxygen atoms in total. The van der Waals surface area contributed by atoms with Crippen LogP contribution in [0.5, 0.6) is 0 Å². The molecule has 0 unspecified atom stereocenters. The Bertz CT molecular complexity index is 1260. The maximum absolute atomic E-state index is 11.8. The second kappa shape index (κ2) is 15.3. The number of aromatic nitrogens is 3. The molecule has 0 aliphatic rings. The van der Waals surface area contributed by atoms with Crippen molar-refractivity contribution in [2.24, 2.45) is 5.73 Å². The number of benzene rings is 2. The summed E-state index contributed by atoms with van der Waals surface area (Å²) in [7, 11) is 0. The van der Waals surface area contributed by atoms with Gasteiger partial charge in [-0.1, -0.05) is 100 Å². The van der Waals surface area contributed by atoms with Gasteiger partial charge in [-0.25, -0.2) is 14.8 Å². The molecule has 0 aliphatic heterocycles. The zero-order chi connectivity index (χ0) is 27.2. The van der Waals surface area contributed by atoms with Crippen molar-refractivity contribution in [2.75, 3.05) is 12.3 Å². The fourth-order valence-corrected chi connectivity index (χ4v) is 4.28. The summed E-state index contributed by atoms with van der Waals surface area (Å²) in [4.78, 5) is 23.0. The highest BCUT2D eigenvalue weighted by atomic mass is 16.4. The number of aromatic amines is 1. The number of nitrogens with zero attached hydrogens (tertiary/aromatic N) is 2. The summed E-state index contributed by atoms with van der Waals surface area (Å²) in [6.45, 7) is 3.13. The van der Waals surface area contributed by atoms with Crippen molar-refractivity contribution in [1.82, 2.24) is 15.0 Å². The number of hydrogen-bond acceptors (Lipinski definition) is 5. The molecule has 0 spiro atoms. The van der Waals surface area contributed by atoms with Crippen molar-refractivity contribution in [2.45, 2.75) is 58.3 Å². The smallest absolute Gasteiger partial charge is 0.337 e. The lowest BCUT2D eigenvalue weighted by molar-refractivity contribution is 0.0698. The Labute approximate surface area is 225 Å². The van der Waals surface area contributed by atoms with Crippen LogP contribution in [0, 0.1) is 0 Å². The van der Waals surface area contributed by atoms with Gasteiger partial charge in [-0.2, -0.15) is 0 Å². The standard InChI is InChI=1S/C21H16N4O2.C10H23N/c22-21-23-10-9-17(25-21)18-12-16(20(26)27)19(24-18)15-8-4-7-14(11-15)13-5-2-1-3-6-13;1-2-3-4-5-6-7-8-9-10-11/h1-12,24H,(H,26,27)(H2,22,23,25);2-11H2,1H3. The monoisotopic (exact) mass is 513 g/mol. The predicted octanol–water partition coefficient (Wildman–Crippen LogP) is 7.17. The van der Waals surface area contributed by atoms with E-state index in [-0.39, 0.29) is 11.5 Å². The number of hydrogen-bond donors (Lipinski definition) is 4. The van der Waals surface area contributed by atoms with Crippen LogP contribution in [0.1, 0.15) is 68.6 Å². The van der Waals surface area contributed by atoms with E-state index in [0.29, 0.717) is 17.1 Å². The van der Waals surface area contributed by atoms with Crippen LogP contribution in [0.2, 0.25) is 0 Å². The number of rotatable bonds is 12. The minimum absolute atomic E-state index is 0.131. The first-order chi connectivity index (χ1) is 18.5. The molecule has 0 atom stereocenters. The molecule has 2 aromatic carbocycles. The van der Waals surface area contributed by atoms with Gasteiger partial charge in [0.25, 0.3) is 0 Å². The van der Waals surface area contributed by atoms with Crippen molar-refractivity contribution >= 4 is 11.9 Å². The predicted molar refractivity (Wildman–Crippen MR) is 156 cm³/mol. The lowest BCUT2D eigenvalue weighted by atomic mass is 10.0. The van der Waals surface area contributed by atoms with E-state index < -0.39 is 5.97 Å². The molecule has 6 N–H and O–H groups in total. The lowest BCUT2D eigenvalue weighted by Gasteiger charge is -2.06. The van der Waals surface area contributed by atoms with Gasteiger partial charge in [0.15, 0.2) is 0 Å². The fourth-order valence-electron chi connectivity index (χ4n) is 4.28. The van der Waals surface area contributed by atoms with Gasteiger partial charge < -0.3 is 21.6 Å². The van der Waals surface area contributed by atoms with Gasteiger partial charge in [-0.3, -0.25) is 0 Å². The average molecular weight is 514 g/mol. The van der Waals surface area contributed by atoms with E-state index in [1.54, 1.807) is 12.1 Å². The summed E-state index contributed by atoms with van der Waals surface area (Å²) < 4.78 is 0. The summed E-state index contributed by atoms with van der Waals surface area (Å²) in [5, 5.41) is 9.65. The molecular weight excluding hydrogens is 474 g/mol. The molecule has 4 rings (SSSR count). The topological polar surface area (TPSA) is 131 Å². The second-order valence-electron chi connectivity index (χ2n) is 9.29. The summed E-state index contributed by atoms with van der Waals surface area (Å²) >= 11 is 0. The van der Waals surface area contributed by atoms with E-state index in [9.17, 15) is 9.90 Å². The van der Waals surface area contributed by atoms with Gasteiger partial charge in [0.1, 0.15) is 0 Å². The molecular formula is C31H39N5O2. The maximum Gasteiger partial charge on any atom is 0.337 e. The Morgan fingerprint density at radius 1 is 0.842 bits per heavy atom. The summed E-state index contributed by atoms with van der Waals surface area (Å²) in [6.07, 6.45) is 12.5. The van der Waals surface area contributed by atoms with Crippen LogP contribution < -0.4 is 11.5 Å². The minimum atomic E-state index is -1.01. The zero-order valence-corrected chi connectivity index (χ0v) is 22.2. The molecule has 38 heavy (non-hydrogen) atoms. The summed E-state index contributed by atoms with van der Waals surface area (Å²) in [5.41, 5.74) is 15.7. The number of nitrogens with one attached hydrogen (secondary N) is 1. The highest BCUT2D eigenvalue weighted by Gasteiger charge is 2.18. The average Bonchev–Trinajstić information content (AvgIpc) is 3.40. The minimum Gasteiger partial charge on any atom is -0.478 e. The van der Waals surface area contributed by atoms with Gasteiger partial charge in [0.2, 0.25) is 5.95 Å². The van der Waals surface area contributed by atoms with Crippen LogP contribution in [0.15, 0.2) is 72.9 Å². The molecule has 2 aromatic heterocycles. The fraction of sp³-hybridized carbons (Fsp3) is 0.323. The number of nitrogen functional groups attached to an aromatic ring is 1. The van der Waals surface area contributed by atoms with Crippen molar-refractivity contribution in [1.29, 1.82) is 0 Å². The van der Waals surface area contributed by atoms with E-state index in [2.05, 4.69) is 21.9 Å². The number of nitrogens with two attached hydrogens (primary N) is 2. The van der Waals surface area contributed by atoms with Crippen LogP contribution in [0.4, 0.5) is 5.95 Å². The zero-order valence-electron chi connectivity index (χ0n) is 22.2. The molecule has 0 bridgehead atoms. The van der Waals surface area contributed by atoms with Gasteiger partial charge in [0.05, 0.1) is 22.6 Å². The van der Waals surface area contributed by atoms with E-state index in [1.165, 1.54) is 57.6 Å². The number of carbonyl (C=O) groups is 1. The van der Waals surface area contributed by atoms with Crippen molar-refractivity contribution in [3.63, 3.8) is 0 Å². The van der Waals surface area contributed by atoms with E-state index in [4.69, 9.17) is 11.5 Å². The van der Waals surface area contributed by atoms with Gasteiger partial charge in [-0.05, 0) is 47.9 Å². The lowest BCUT2D eigenvalue weighted by Crippen LogP contribution is -1.97. The van der Waals surface area contributed by atoms with Crippen LogP contribution in [-0.4, -0.2) is 32.6 Å². The number of aromatic carboxylic acids is 1. The number of H-pyrrole nitrogens is 1. The normalized spacial score (nSPS) is 10.6. The largest absolute Gasteiger partial charge is 0.478 e.